The van der Waals surface area contributed by atoms with Crippen LogP contribution in [0.25, 0.3) is 0 Å². The molecule has 0 N–H and O–H groups in total. The Hall–Kier alpha value is -0.850. The van der Waals surface area contributed by atoms with Gasteiger partial charge in [0.2, 0.25) is 0 Å². The fraction of sp³-hybridized carbons (Fsp3) is 0.833. The second-order valence-electron chi connectivity index (χ2n) is 3.91. The fourth-order valence-corrected chi connectivity index (χ4v) is 1.42. The van der Waals surface area contributed by atoms with Crippen LogP contribution in [0.2, 0.25) is 0 Å². The molecular formula is C12H25ClN2O4. The number of rotatable bonds is 9. The minimum atomic E-state index is -0.222. The summed E-state index contributed by atoms with van der Waals surface area (Å²) in [5.74, 6) is -0.444. The Balaban J connectivity index is 0. The van der Waals surface area contributed by atoms with Crippen molar-refractivity contribution in [2.24, 2.45) is 0 Å². The van der Waals surface area contributed by atoms with Crippen LogP contribution in [0.1, 0.15) is 26.7 Å². The summed E-state index contributed by atoms with van der Waals surface area (Å²) in [6.07, 6.45) is 0.629. The molecule has 0 fully saturated rings. The van der Waals surface area contributed by atoms with E-state index in [1.165, 1.54) is 0 Å². The number of ether oxygens (including phenoxy) is 2. The Morgan fingerprint density at radius 1 is 0.895 bits per heavy atom. The maximum atomic E-state index is 11.3. The van der Waals surface area contributed by atoms with E-state index in [1.54, 1.807) is 13.8 Å². The van der Waals surface area contributed by atoms with E-state index in [-0.39, 0.29) is 24.3 Å². The SMILES string of the molecule is CCOC(=O)CCN(CCC(=O)OCC)N(C)C.Cl. The zero-order valence-electron chi connectivity index (χ0n) is 12.2. The Labute approximate surface area is 121 Å². The largest absolute Gasteiger partial charge is 0.466 e. The third kappa shape index (κ3) is 10.7. The summed E-state index contributed by atoms with van der Waals surface area (Å²) in [5, 5.41) is 3.77. The Bertz CT molecular complexity index is 240. The molecule has 114 valence electrons. The van der Waals surface area contributed by atoms with Gasteiger partial charge in [-0.3, -0.25) is 9.59 Å². The lowest BCUT2D eigenvalue weighted by Crippen LogP contribution is -2.40. The molecule has 0 aromatic rings. The zero-order valence-corrected chi connectivity index (χ0v) is 13.0. The van der Waals surface area contributed by atoms with E-state index in [2.05, 4.69) is 0 Å². The highest BCUT2D eigenvalue weighted by molar-refractivity contribution is 5.85. The van der Waals surface area contributed by atoms with Gasteiger partial charge < -0.3 is 9.47 Å². The van der Waals surface area contributed by atoms with E-state index >= 15 is 0 Å². The summed E-state index contributed by atoms with van der Waals surface area (Å²) in [7, 11) is 3.74. The van der Waals surface area contributed by atoms with Crippen molar-refractivity contribution >= 4 is 24.3 Å². The molecule has 0 saturated heterocycles. The highest BCUT2D eigenvalue weighted by atomic mass is 35.5. The molecule has 0 bridgehead atoms. The summed E-state index contributed by atoms with van der Waals surface area (Å²) in [6.45, 7) is 5.41. The third-order valence-electron chi connectivity index (χ3n) is 2.32. The van der Waals surface area contributed by atoms with E-state index in [0.29, 0.717) is 39.1 Å². The molecule has 0 aliphatic rings. The van der Waals surface area contributed by atoms with Crippen molar-refractivity contribution in [2.75, 3.05) is 40.4 Å². The van der Waals surface area contributed by atoms with Crippen molar-refractivity contribution in [3.8, 4) is 0 Å². The first-order valence-electron chi connectivity index (χ1n) is 6.24. The van der Waals surface area contributed by atoms with Crippen LogP contribution in [0.5, 0.6) is 0 Å². The van der Waals surface area contributed by atoms with Crippen LogP contribution in [0, 0.1) is 0 Å². The molecule has 0 atom stereocenters. The van der Waals surface area contributed by atoms with Crippen LogP contribution in [0.15, 0.2) is 0 Å². The lowest BCUT2D eigenvalue weighted by Gasteiger charge is -2.28. The van der Waals surface area contributed by atoms with E-state index in [0.717, 1.165) is 0 Å². The molecular weight excluding hydrogens is 272 g/mol. The molecule has 0 saturated carbocycles. The Morgan fingerprint density at radius 2 is 1.26 bits per heavy atom. The lowest BCUT2D eigenvalue weighted by molar-refractivity contribution is -0.145. The van der Waals surface area contributed by atoms with Gasteiger partial charge in [-0.2, -0.15) is 0 Å². The van der Waals surface area contributed by atoms with Crippen LogP contribution in [0.4, 0.5) is 0 Å². The summed E-state index contributed by atoms with van der Waals surface area (Å²) in [6, 6.07) is 0. The maximum absolute atomic E-state index is 11.3. The fourth-order valence-electron chi connectivity index (χ4n) is 1.42. The minimum Gasteiger partial charge on any atom is -0.466 e. The Kier molecular flexibility index (Phi) is 13.1. The molecule has 0 unspecified atom stereocenters. The molecule has 6 nitrogen and oxygen atoms in total. The molecule has 19 heavy (non-hydrogen) atoms. The predicted octanol–water partition coefficient (Wildman–Crippen LogP) is 1.09. The van der Waals surface area contributed by atoms with Crippen molar-refractivity contribution in [1.82, 2.24) is 10.0 Å². The molecule has 0 aliphatic heterocycles. The second kappa shape index (κ2) is 12.2. The lowest BCUT2D eigenvalue weighted by atomic mass is 10.3. The standard InChI is InChI=1S/C12H24N2O4.ClH/c1-5-17-11(15)7-9-14(13(3)4)10-8-12(16)18-6-2;/h5-10H2,1-4H3;1H. The first kappa shape index (κ1) is 20.5. The molecule has 0 radical (unpaired) electrons. The molecule has 0 spiro atoms. The number of esters is 2. The topological polar surface area (TPSA) is 59.1 Å². The summed E-state index contributed by atoms with van der Waals surface area (Å²) in [5.41, 5.74) is 0. The number of hydrazine groups is 1. The van der Waals surface area contributed by atoms with Gasteiger partial charge in [-0.05, 0) is 13.8 Å². The van der Waals surface area contributed by atoms with E-state index in [1.807, 2.05) is 24.1 Å². The number of carbonyl (C=O) groups excluding carboxylic acids is 2. The van der Waals surface area contributed by atoms with Crippen LogP contribution in [-0.4, -0.2) is 62.4 Å². The normalized spacial score (nSPS) is 10.2. The number of hydrogen-bond donors (Lipinski definition) is 0. The van der Waals surface area contributed by atoms with Gasteiger partial charge in [-0.25, -0.2) is 10.0 Å². The third-order valence-corrected chi connectivity index (χ3v) is 2.32. The van der Waals surface area contributed by atoms with Gasteiger partial charge in [0.25, 0.3) is 0 Å². The molecule has 0 aromatic carbocycles. The van der Waals surface area contributed by atoms with Gasteiger partial charge in [0.1, 0.15) is 0 Å². The summed E-state index contributed by atoms with van der Waals surface area (Å²) >= 11 is 0. The quantitative estimate of drug-likeness (QED) is 0.469. The maximum Gasteiger partial charge on any atom is 0.307 e. The smallest absolute Gasteiger partial charge is 0.307 e. The highest BCUT2D eigenvalue weighted by Gasteiger charge is 2.13. The van der Waals surface area contributed by atoms with Crippen LogP contribution >= 0.6 is 12.4 Å². The highest BCUT2D eigenvalue weighted by Crippen LogP contribution is 1.99. The number of carbonyl (C=O) groups is 2. The van der Waals surface area contributed by atoms with Crippen molar-refractivity contribution in [3.63, 3.8) is 0 Å². The predicted molar refractivity (Wildman–Crippen MR) is 75.0 cm³/mol. The second-order valence-corrected chi connectivity index (χ2v) is 3.91. The van der Waals surface area contributed by atoms with Crippen LogP contribution in [0.3, 0.4) is 0 Å². The van der Waals surface area contributed by atoms with Gasteiger partial charge >= 0.3 is 11.9 Å². The van der Waals surface area contributed by atoms with E-state index in [4.69, 9.17) is 9.47 Å². The summed E-state index contributed by atoms with van der Waals surface area (Å²) in [4.78, 5) is 22.5. The Morgan fingerprint density at radius 3 is 1.53 bits per heavy atom. The molecule has 7 heteroatoms. The minimum absolute atomic E-state index is 0. The summed E-state index contributed by atoms with van der Waals surface area (Å²) < 4.78 is 9.72. The van der Waals surface area contributed by atoms with Gasteiger partial charge in [0.05, 0.1) is 26.1 Å². The number of nitrogens with zero attached hydrogens (tertiary/aromatic N) is 2. The van der Waals surface area contributed by atoms with Gasteiger partial charge in [-0.1, -0.05) is 0 Å². The van der Waals surface area contributed by atoms with Crippen molar-refractivity contribution in [2.45, 2.75) is 26.7 Å². The molecule has 0 amide bonds. The molecule has 0 aromatic heterocycles. The molecule has 0 aliphatic carbocycles. The number of hydrogen-bond acceptors (Lipinski definition) is 6. The first-order chi connectivity index (χ1) is 8.51. The van der Waals surface area contributed by atoms with Gasteiger partial charge in [0, 0.05) is 27.2 Å². The number of halogens is 1. The van der Waals surface area contributed by atoms with Gasteiger partial charge in [-0.15, -0.1) is 12.4 Å². The van der Waals surface area contributed by atoms with Crippen molar-refractivity contribution in [1.29, 1.82) is 0 Å². The van der Waals surface area contributed by atoms with Gasteiger partial charge in [0.15, 0.2) is 0 Å². The van der Waals surface area contributed by atoms with Crippen molar-refractivity contribution in [3.05, 3.63) is 0 Å². The average Bonchev–Trinajstić information content (AvgIpc) is 2.29. The van der Waals surface area contributed by atoms with Crippen LogP contribution < -0.4 is 0 Å². The van der Waals surface area contributed by atoms with E-state index < -0.39 is 0 Å². The zero-order chi connectivity index (χ0) is 14.0. The average molecular weight is 297 g/mol. The van der Waals surface area contributed by atoms with Crippen LogP contribution in [-0.2, 0) is 19.1 Å². The molecule has 0 heterocycles. The van der Waals surface area contributed by atoms with Crippen molar-refractivity contribution < 1.29 is 19.1 Å². The molecule has 0 rings (SSSR count). The van der Waals surface area contributed by atoms with E-state index in [9.17, 15) is 9.59 Å². The monoisotopic (exact) mass is 296 g/mol. The first-order valence-corrected chi connectivity index (χ1v) is 6.24.